The minimum atomic E-state index is -0.576. The third-order valence-corrected chi connectivity index (χ3v) is 3.88. The van der Waals surface area contributed by atoms with Gasteiger partial charge in [-0.1, -0.05) is 23.7 Å². The number of aliphatic imine (C=N–C) groups is 2. The number of aromatic hydroxyl groups is 1. The first-order valence-electron chi connectivity index (χ1n) is 7.69. The van der Waals surface area contributed by atoms with Crippen molar-refractivity contribution in [1.29, 1.82) is 0 Å². The first-order valence-corrected chi connectivity index (χ1v) is 8.07. The Kier molecular flexibility index (Phi) is 6.30. The van der Waals surface area contributed by atoms with Gasteiger partial charge in [-0.2, -0.15) is 0 Å². The van der Waals surface area contributed by atoms with E-state index in [1.807, 2.05) is 0 Å². The number of hydrogen-bond donors (Lipinski definition) is 3. The van der Waals surface area contributed by atoms with Gasteiger partial charge in [0.1, 0.15) is 17.9 Å². The highest BCUT2D eigenvalue weighted by atomic mass is 35.5. The van der Waals surface area contributed by atoms with Gasteiger partial charge >= 0.3 is 0 Å². The van der Waals surface area contributed by atoms with E-state index in [9.17, 15) is 14.3 Å². The molecule has 0 aliphatic heterocycles. The summed E-state index contributed by atoms with van der Waals surface area (Å²) >= 11 is 5.86. The van der Waals surface area contributed by atoms with Gasteiger partial charge in [-0.15, -0.1) is 0 Å². The lowest BCUT2D eigenvalue weighted by molar-refractivity contribution is -0.115. The molecular weight excluding hydrogens is 359 g/mol. The zero-order valence-corrected chi connectivity index (χ0v) is 15.0. The number of nitrogens with zero attached hydrogens (tertiary/aromatic N) is 2. The fraction of sp³-hybridized carbons (Fsp3) is 0.167. The summed E-state index contributed by atoms with van der Waals surface area (Å²) in [6, 6.07) is 8.48. The molecule has 0 saturated heterocycles. The number of amidine groups is 1. The van der Waals surface area contributed by atoms with E-state index in [0.717, 1.165) is 11.9 Å². The van der Waals surface area contributed by atoms with Crippen LogP contribution >= 0.6 is 11.6 Å². The normalized spacial score (nSPS) is 13.0. The van der Waals surface area contributed by atoms with Gasteiger partial charge < -0.3 is 16.2 Å². The maximum atomic E-state index is 12.9. The van der Waals surface area contributed by atoms with Gasteiger partial charge in [-0.05, 0) is 49.2 Å². The lowest BCUT2D eigenvalue weighted by atomic mass is 10.1. The van der Waals surface area contributed by atoms with E-state index in [4.69, 9.17) is 17.3 Å². The molecule has 0 aliphatic rings. The minimum absolute atomic E-state index is 0.0113. The monoisotopic (exact) mass is 376 g/mol. The predicted octanol–water partition coefficient (Wildman–Crippen LogP) is 3.39. The Morgan fingerprint density at radius 2 is 2.00 bits per heavy atom. The molecular formula is C18H18ClFN4O2. The van der Waals surface area contributed by atoms with E-state index >= 15 is 0 Å². The number of amides is 1. The SMILES string of the molecule is Cc1cc(N=CN=C(N)C(=O)NC(C)c2ccc(F)cc2)cc(Cl)c1O. The summed E-state index contributed by atoms with van der Waals surface area (Å²) in [6.45, 7) is 3.43. The largest absolute Gasteiger partial charge is 0.506 e. The quantitative estimate of drug-likeness (QED) is 0.563. The molecule has 2 aromatic carbocycles. The molecule has 26 heavy (non-hydrogen) atoms. The van der Waals surface area contributed by atoms with Crippen LogP contribution in [0, 0.1) is 12.7 Å². The number of halogens is 2. The Morgan fingerprint density at radius 1 is 1.35 bits per heavy atom. The molecule has 0 fully saturated rings. The van der Waals surface area contributed by atoms with Crippen molar-refractivity contribution in [2.45, 2.75) is 19.9 Å². The molecule has 136 valence electrons. The Labute approximate surface area is 155 Å². The van der Waals surface area contributed by atoms with Crippen molar-refractivity contribution in [3.63, 3.8) is 0 Å². The lowest BCUT2D eigenvalue weighted by Gasteiger charge is -2.13. The van der Waals surface area contributed by atoms with E-state index in [-0.39, 0.29) is 28.5 Å². The molecule has 0 aromatic heterocycles. The molecule has 0 saturated carbocycles. The van der Waals surface area contributed by atoms with Crippen LogP contribution in [0.5, 0.6) is 5.75 Å². The predicted molar refractivity (Wildman–Crippen MR) is 101 cm³/mol. The van der Waals surface area contributed by atoms with Gasteiger partial charge in [0, 0.05) is 0 Å². The third kappa shape index (κ3) is 5.03. The number of nitrogens with one attached hydrogen (secondary N) is 1. The fourth-order valence-corrected chi connectivity index (χ4v) is 2.38. The summed E-state index contributed by atoms with van der Waals surface area (Å²) in [5, 5.41) is 12.4. The summed E-state index contributed by atoms with van der Waals surface area (Å²) in [5.74, 6) is -1.21. The first-order chi connectivity index (χ1) is 12.3. The molecule has 6 nitrogen and oxygen atoms in total. The second kappa shape index (κ2) is 8.44. The van der Waals surface area contributed by atoms with Crippen LogP contribution in [0.2, 0.25) is 5.02 Å². The smallest absolute Gasteiger partial charge is 0.287 e. The molecule has 2 rings (SSSR count). The molecule has 1 amide bonds. The number of aryl methyl sites for hydroxylation is 1. The Hall–Kier alpha value is -2.93. The molecule has 0 heterocycles. The van der Waals surface area contributed by atoms with E-state index in [0.29, 0.717) is 11.3 Å². The number of phenolic OH excluding ortho intramolecular Hbond substituents is 1. The number of hydrogen-bond acceptors (Lipinski definition) is 3. The standard InChI is InChI=1S/C18H18ClFN4O2/c1-10-7-14(8-15(19)16(10)25)22-9-23-17(21)18(26)24-11(2)12-3-5-13(20)6-4-12/h3-9,11,25H,1-2H3,(H,24,26)(H2,21,22,23). The summed E-state index contributed by atoms with van der Waals surface area (Å²) in [7, 11) is 0. The van der Waals surface area contributed by atoms with Crippen LogP contribution < -0.4 is 11.1 Å². The second-order valence-electron chi connectivity index (χ2n) is 5.60. The topological polar surface area (TPSA) is 100 Å². The van der Waals surface area contributed by atoms with Crippen molar-refractivity contribution in [3.8, 4) is 5.75 Å². The molecule has 1 unspecified atom stereocenters. The van der Waals surface area contributed by atoms with Crippen LogP contribution in [0.3, 0.4) is 0 Å². The van der Waals surface area contributed by atoms with Crippen LogP contribution in [0.25, 0.3) is 0 Å². The first kappa shape index (κ1) is 19.4. The van der Waals surface area contributed by atoms with Crippen molar-refractivity contribution < 1.29 is 14.3 Å². The van der Waals surface area contributed by atoms with Crippen molar-refractivity contribution >= 4 is 35.4 Å². The average Bonchev–Trinajstić information content (AvgIpc) is 2.59. The van der Waals surface area contributed by atoms with Crippen molar-refractivity contribution in [1.82, 2.24) is 5.32 Å². The highest BCUT2D eigenvalue weighted by Crippen LogP contribution is 2.31. The Bertz CT molecular complexity index is 843. The summed E-state index contributed by atoms with van der Waals surface area (Å²) < 4.78 is 12.9. The average molecular weight is 377 g/mol. The number of nitrogens with two attached hydrogens (primary N) is 1. The van der Waals surface area contributed by atoms with E-state index in [1.54, 1.807) is 32.0 Å². The highest BCUT2D eigenvalue weighted by Gasteiger charge is 2.12. The van der Waals surface area contributed by atoms with Crippen molar-refractivity contribution in [2.75, 3.05) is 0 Å². The van der Waals surface area contributed by atoms with Crippen molar-refractivity contribution in [2.24, 2.45) is 15.7 Å². The zero-order valence-electron chi connectivity index (χ0n) is 14.2. The molecule has 8 heteroatoms. The maximum Gasteiger partial charge on any atom is 0.287 e. The molecule has 0 bridgehead atoms. The van der Waals surface area contributed by atoms with Crippen molar-refractivity contribution in [3.05, 3.63) is 58.4 Å². The summed E-state index contributed by atoms with van der Waals surface area (Å²) in [4.78, 5) is 19.8. The number of phenols is 1. The third-order valence-electron chi connectivity index (χ3n) is 3.59. The number of benzene rings is 2. The van der Waals surface area contributed by atoms with Crippen LogP contribution in [0.15, 0.2) is 46.4 Å². The number of carbonyl (C=O) groups is 1. The van der Waals surface area contributed by atoms with Gasteiger partial charge in [-0.3, -0.25) is 4.79 Å². The molecule has 0 aliphatic carbocycles. The lowest BCUT2D eigenvalue weighted by Crippen LogP contribution is -2.37. The van der Waals surface area contributed by atoms with Crippen LogP contribution in [-0.4, -0.2) is 23.2 Å². The molecule has 4 N–H and O–H groups in total. The van der Waals surface area contributed by atoms with Crippen LogP contribution in [0.4, 0.5) is 10.1 Å². The van der Waals surface area contributed by atoms with Gasteiger partial charge in [0.25, 0.3) is 5.91 Å². The Balaban J connectivity index is 2.02. The summed E-state index contributed by atoms with van der Waals surface area (Å²) in [6.07, 6.45) is 1.12. The molecule has 1 atom stereocenters. The zero-order chi connectivity index (χ0) is 19.3. The van der Waals surface area contributed by atoms with Crippen LogP contribution in [-0.2, 0) is 4.79 Å². The van der Waals surface area contributed by atoms with Gasteiger partial charge in [-0.25, -0.2) is 14.4 Å². The van der Waals surface area contributed by atoms with Crippen LogP contribution in [0.1, 0.15) is 24.1 Å². The van der Waals surface area contributed by atoms with Gasteiger partial charge in [0.05, 0.1) is 16.8 Å². The van der Waals surface area contributed by atoms with Gasteiger partial charge in [0.15, 0.2) is 5.84 Å². The van der Waals surface area contributed by atoms with E-state index < -0.39 is 5.91 Å². The Morgan fingerprint density at radius 3 is 2.62 bits per heavy atom. The second-order valence-corrected chi connectivity index (χ2v) is 6.01. The van der Waals surface area contributed by atoms with E-state index in [2.05, 4.69) is 15.3 Å². The molecule has 2 aromatic rings. The fourth-order valence-electron chi connectivity index (χ4n) is 2.11. The molecule has 0 spiro atoms. The van der Waals surface area contributed by atoms with E-state index in [1.165, 1.54) is 18.2 Å². The minimum Gasteiger partial charge on any atom is -0.506 e. The molecule has 0 radical (unpaired) electrons. The summed E-state index contributed by atoms with van der Waals surface area (Å²) in [5.41, 5.74) is 7.39. The number of carbonyl (C=O) groups excluding carboxylic acids is 1. The number of rotatable bonds is 4. The van der Waals surface area contributed by atoms with Gasteiger partial charge in [0.2, 0.25) is 0 Å². The maximum absolute atomic E-state index is 12.9. The highest BCUT2D eigenvalue weighted by molar-refractivity contribution is 6.38.